The van der Waals surface area contributed by atoms with Gasteiger partial charge in [0.05, 0.1) is 11.6 Å². The fourth-order valence-corrected chi connectivity index (χ4v) is 1.72. The third-order valence-corrected chi connectivity index (χ3v) is 2.89. The molecule has 0 spiro atoms. The monoisotopic (exact) mass is 273 g/mol. The standard InChI is InChI=1S/C10H12BrNO3/c1-14-10-2-7(11)9(3-8(10)13)15-6-4-12-5-6/h2-3,6,12-13H,4-5H2,1H3. The molecule has 15 heavy (non-hydrogen) atoms. The Balaban J connectivity index is 2.19. The molecule has 0 amide bonds. The van der Waals surface area contributed by atoms with Crippen molar-refractivity contribution in [2.24, 2.45) is 0 Å². The van der Waals surface area contributed by atoms with Crippen molar-refractivity contribution in [1.82, 2.24) is 5.32 Å². The zero-order chi connectivity index (χ0) is 10.8. The van der Waals surface area contributed by atoms with E-state index in [1.807, 2.05) is 0 Å². The quantitative estimate of drug-likeness (QED) is 0.877. The number of nitrogens with one attached hydrogen (secondary N) is 1. The lowest BCUT2D eigenvalue weighted by molar-refractivity contribution is 0.140. The highest BCUT2D eigenvalue weighted by Gasteiger charge is 2.20. The molecule has 1 aliphatic rings. The molecule has 4 nitrogen and oxygen atoms in total. The zero-order valence-electron chi connectivity index (χ0n) is 8.29. The van der Waals surface area contributed by atoms with Crippen molar-refractivity contribution in [3.05, 3.63) is 16.6 Å². The largest absolute Gasteiger partial charge is 0.504 e. The second-order valence-electron chi connectivity index (χ2n) is 3.35. The van der Waals surface area contributed by atoms with Crippen LogP contribution in [0.4, 0.5) is 0 Å². The molecule has 0 bridgehead atoms. The van der Waals surface area contributed by atoms with Gasteiger partial charge >= 0.3 is 0 Å². The number of halogens is 1. The molecule has 82 valence electrons. The fourth-order valence-electron chi connectivity index (χ4n) is 1.30. The summed E-state index contributed by atoms with van der Waals surface area (Å²) in [5.41, 5.74) is 0. The molecule has 1 aliphatic heterocycles. The van der Waals surface area contributed by atoms with Gasteiger partial charge in [0.15, 0.2) is 11.5 Å². The van der Waals surface area contributed by atoms with Crippen LogP contribution in [0.15, 0.2) is 16.6 Å². The number of rotatable bonds is 3. The van der Waals surface area contributed by atoms with E-state index in [2.05, 4.69) is 21.2 Å². The first kappa shape index (κ1) is 10.6. The number of phenolic OH excluding ortho intramolecular Hbond substituents is 1. The van der Waals surface area contributed by atoms with Gasteiger partial charge in [-0.25, -0.2) is 0 Å². The molecule has 0 saturated carbocycles. The third-order valence-electron chi connectivity index (χ3n) is 2.27. The van der Waals surface area contributed by atoms with Gasteiger partial charge in [0.1, 0.15) is 11.9 Å². The number of ether oxygens (including phenoxy) is 2. The molecule has 1 heterocycles. The highest BCUT2D eigenvalue weighted by Crippen LogP contribution is 2.37. The molecule has 1 fully saturated rings. The smallest absolute Gasteiger partial charge is 0.161 e. The van der Waals surface area contributed by atoms with Crippen molar-refractivity contribution < 1.29 is 14.6 Å². The molecule has 0 radical (unpaired) electrons. The Morgan fingerprint density at radius 1 is 1.40 bits per heavy atom. The molecule has 1 aromatic rings. The minimum Gasteiger partial charge on any atom is -0.504 e. The van der Waals surface area contributed by atoms with Gasteiger partial charge in [-0.15, -0.1) is 0 Å². The van der Waals surface area contributed by atoms with Gasteiger partial charge in [0.25, 0.3) is 0 Å². The summed E-state index contributed by atoms with van der Waals surface area (Å²) in [4.78, 5) is 0. The van der Waals surface area contributed by atoms with Crippen LogP contribution in [0.3, 0.4) is 0 Å². The number of hydrogen-bond donors (Lipinski definition) is 2. The van der Waals surface area contributed by atoms with E-state index < -0.39 is 0 Å². The van der Waals surface area contributed by atoms with Gasteiger partial charge < -0.3 is 19.9 Å². The van der Waals surface area contributed by atoms with Crippen LogP contribution in [0, 0.1) is 0 Å². The molecule has 2 rings (SSSR count). The molecule has 0 aromatic heterocycles. The van der Waals surface area contributed by atoms with E-state index in [1.165, 1.54) is 7.11 Å². The second-order valence-corrected chi connectivity index (χ2v) is 4.21. The number of hydrogen-bond acceptors (Lipinski definition) is 4. The minimum absolute atomic E-state index is 0.0861. The Hall–Kier alpha value is -0.940. The predicted octanol–water partition coefficient (Wildman–Crippen LogP) is 1.51. The second kappa shape index (κ2) is 4.28. The minimum atomic E-state index is 0.0861. The van der Waals surface area contributed by atoms with E-state index in [1.54, 1.807) is 12.1 Å². The Labute approximate surface area is 96.3 Å². The van der Waals surface area contributed by atoms with E-state index in [0.717, 1.165) is 17.6 Å². The maximum absolute atomic E-state index is 9.58. The number of benzene rings is 1. The number of aromatic hydroxyl groups is 1. The Morgan fingerprint density at radius 2 is 2.13 bits per heavy atom. The van der Waals surface area contributed by atoms with Gasteiger partial charge in [-0.05, 0) is 15.9 Å². The lowest BCUT2D eigenvalue weighted by Gasteiger charge is -2.28. The molecule has 0 unspecified atom stereocenters. The highest BCUT2D eigenvalue weighted by atomic mass is 79.9. The van der Waals surface area contributed by atoms with Gasteiger partial charge in [-0.1, -0.05) is 0 Å². The molecule has 5 heteroatoms. The SMILES string of the molecule is COc1cc(Br)c(OC2CNC2)cc1O. The first-order chi connectivity index (χ1) is 7.20. The van der Waals surface area contributed by atoms with E-state index >= 15 is 0 Å². The van der Waals surface area contributed by atoms with Gasteiger partial charge in [-0.2, -0.15) is 0 Å². The third kappa shape index (κ3) is 2.18. The Kier molecular flexibility index (Phi) is 3.02. The highest BCUT2D eigenvalue weighted by molar-refractivity contribution is 9.10. The first-order valence-electron chi connectivity index (χ1n) is 4.64. The van der Waals surface area contributed by atoms with Crippen molar-refractivity contribution in [3.63, 3.8) is 0 Å². The normalized spacial score (nSPS) is 15.9. The van der Waals surface area contributed by atoms with Crippen LogP contribution >= 0.6 is 15.9 Å². The molecule has 2 N–H and O–H groups in total. The summed E-state index contributed by atoms with van der Waals surface area (Å²) in [5, 5.41) is 12.7. The van der Waals surface area contributed by atoms with Crippen LogP contribution in [-0.4, -0.2) is 31.4 Å². The fraction of sp³-hybridized carbons (Fsp3) is 0.400. The van der Waals surface area contributed by atoms with Crippen molar-refractivity contribution in [2.45, 2.75) is 6.10 Å². The van der Waals surface area contributed by atoms with E-state index in [4.69, 9.17) is 9.47 Å². The maximum atomic E-state index is 9.58. The average Bonchev–Trinajstić information content (AvgIpc) is 2.16. The van der Waals surface area contributed by atoms with Crippen LogP contribution in [-0.2, 0) is 0 Å². The van der Waals surface area contributed by atoms with Crippen LogP contribution in [0.25, 0.3) is 0 Å². The molecule has 1 aromatic carbocycles. The van der Waals surface area contributed by atoms with Gasteiger partial charge in [0.2, 0.25) is 0 Å². The number of methoxy groups -OCH3 is 1. The van der Waals surface area contributed by atoms with Crippen molar-refractivity contribution >= 4 is 15.9 Å². The molecular weight excluding hydrogens is 262 g/mol. The maximum Gasteiger partial charge on any atom is 0.161 e. The zero-order valence-corrected chi connectivity index (χ0v) is 9.87. The number of phenols is 1. The van der Waals surface area contributed by atoms with Crippen LogP contribution in [0.2, 0.25) is 0 Å². The first-order valence-corrected chi connectivity index (χ1v) is 5.44. The van der Waals surface area contributed by atoms with Gasteiger partial charge in [-0.3, -0.25) is 0 Å². The molecule has 0 atom stereocenters. The van der Waals surface area contributed by atoms with E-state index in [-0.39, 0.29) is 11.9 Å². The topological polar surface area (TPSA) is 50.7 Å². The summed E-state index contributed by atoms with van der Waals surface area (Å²) in [7, 11) is 1.51. The Morgan fingerprint density at radius 3 is 2.67 bits per heavy atom. The van der Waals surface area contributed by atoms with Crippen molar-refractivity contribution in [1.29, 1.82) is 0 Å². The molecule has 1 saturated heterocycles. The summed E-state index contributed by atoms with van der Waals surface area (Å²) in [5.74, 6) is 1.16. The van der Waals surface area contributed by atoms with Crippen molar-refractivity contribution in [3.8, 4) is 17.2 Å². The predicted molar refractivity (Wildman–Crippen MR) is 59.6 cm³/mol. The molecule has 0 aliphatic carbocycles. The molecular formula is C10H12BrNO3. The summed E-state index contributed by atoms with van der Waals surface area (Å²) >= 11 is 3.37. The summed E-state index contributed by atoms with van der Waals surface area (Å²) in [6.45, 7) is 1.69. The van der Waals surface area contributed by atoms with Crippen LogP contribution in [0.5, 0.6) is 17.2 Å². The van der Waals surface area contributed by atoms with Crippen LogP contribution < -0.4 is 14.8 Å². The van der Waals surface area contributed by atoms with Crippen molar-refractivity contribution in [2.75, 3.05) is 20.2 Å². The summed E-state index contributed by atoms with van der Waals surface area (Å²) in [6.07, 6.45) is 0.189. The Bertz CT molecular complexity index is 366. The average molecular weight is 274 g/mol. The summed E-state index contributed by atoms with van der Waals surface area (Å²) < 4.78 is 11.4. The van der Waals surface area contributed by atoms with Gasteiger partial charge in [0, 0.05) is 25.2 Å². The summed E-state index contributed by atoms with van der Waals surface area (Å²) in [6, 6.07) is 3.25. The van der Waals surface area contributed by atoms with E-state index in [9.17, 15) is 5.11 Å². The van der Waals surface area contributed by atoms with Crippen LogP contribution in [0.1, 0.15) is 0 Å². The lowest BCUT2D eigenvalue weighted by Crippen LogP contribution is -2.50. The van der Waals surface area contributed by atoms with E-state index in [0.29, 0.717) is 11.5 Å². The lowest BCUT2D eigenvalue weighted by atomic mass is 10.2.